The summed E-state index contributed by atoms with van der Waals surface area (Å²) in [6, 6.07) is 0. The number of hydrogen-bond acceptors (Lipinski definition) is 4. The number of imidazole rings is 1. The van der Waals surface area contributed by atoms with Crippen LogP contribution < -0.4 is 5.73 Å². The standard InChI is InChI=1S/C9H15N3OS/c10-9(5-13,7-1-2-7)6-14-8-11-3-4-12-8/h3-4,7,13H,1-2,5-6,10H2,(H,11,12). The molecule has 1 aromatic heterocycles. The first kappa shape index (κ1) is 10.0. The molecule has 1 atom stereocenters. The van der Waals surface area contributed by atoms with Gasteiger partial charge in [-0.25, -0.2) is 4.98 Å². The van der Waals surface area contributed by atoms with Crippen molar-refractivity contribution in [3.63, 3.8) is 0 Å². The minimum Gasteiger partial charge on any atom is -0.394 e. The third kappa shape index (κ3) is 2.10. The molecule has 0 saturated heterocycles. The van der Waals surface area contributed by atoms with Gasteiger partial charge in [0.2, 0.25) is 0 Å². The van der Waals surface area contributed by atoms with Crippen LogP contribution in [0.2, 0.25) is 0 Å². The second-order valence-corrected chi connectivity index (χ2v) is 4.81. The molecule has 1 aliphatic carbocycles. The van der Waals surface area contributed by atoms with Crippen molar-refractivity contribution in [1.29, 1.82) is 0 Å². The van der Waals surface area contributed by atoms with Gasteiger partial charge in [-0.1, -0.05) is 11.8 Å². The van der Waals surface area contributed by atoms with Gasteiger partial charge in [0.1, 0.15) is 0 Å². The minimum absolute atomic E-state index is 0.0609. The van der Waals surface area contributed by atoms with Crippen LogP contribution in [0.15, 0.2) is 17.6 Å². The fourth-order valence-electron chi connectivity index (χ4n) is 1.48. The lowest BCUT2D eigenvalue weighted by molar-refractivity contribution is 0.194. The van der Waals surface area contributed by atoms with Crippen molar-refractivity contribution in [2.75, 3.05) is 12.4 Å². The van der Waals surface area contributed by atoms with Crippen LogP contribution in [0, 0.1) is 5.92 Å². The van der Waals surface area contributed by atoms with Gasteiger partial charge in [0.15, 0.2) is 5.16 Å². The molecule has 1 fully saturated rings. The summed E-state index contributed by atoms with van der Waals surface area (Å²) in [5.41, 5.74) is 5.69. The molecule has 1 saturated carbocycles. The number of hydrogen-bond donors (Lipinski definition) is 3. The first-order valence-electron chi connectivity index (χ1n) is 4.76. The van der Waals surface area contributed by atoms with E-state index in [2.05, 4.69) is 9.97 Å². The van der Waals surface area contributed by atoms with Crippen LogP contribution >= 0.6 is 11.8 Å². The van der Waals surface area contributed by atoms with Crippen molar-refractivity contribution in [3.05, 3.63) is 12.4 Å². The number of thioether (sulfide) groups is 1. The number of rotatable bonds is 5. The van der Waals surface area contributed by atoms with E-state index < -0.39 is 5.54 Å². The molecular formula is C9H15N3OS. The molecule has 2 rings (SSSR count). The Morgan fingerprint density at radius 3 is 3.00 bits per heavy atom. The maximum Gasteiger partial charge on any atom is 0.165 e. The van der Waals surface area contributed by atoms with Gasteiger partial charge in [0.25, 0.3) is 0 Å². The average Bonchev–Trinajstić information content (AvgIpc) is 2.94. The number of nitrogens with zero attached hydrogens (tertiary/aromatic N) is 1. The Balaban J connectivity index is 1.89. The molecule has 1 heterocycles. The van der Waals surface area contributed by atoms with Gasteiger partial charge >= 0.3 is 0 Å². The van der Waals surface area contributed by atoms with Crippen LogP contribution in [-0.4, -0.2) is 33.0 Å². The predicted molar refractivity (Wildman–Crippen MR) is 56.0 cm³/mol. The predicted octanol–water partition coefficient (Wildman–Crippen LogP) is 0.602. The lowest BCUT2D eigenvalue weighted by Gasteiger charge is -2.26. The highest BCUT2D eigenvalue weighted by molar-refractivity contribution is 7.99. The number of aliphatic hydroxyl groups excluding tert-OH is 1. The van der Waals surface area contributed by atoms with Crippen molar-refractivity contribution in [2.24, 2.45) is 11.7 Å². The summed E-state index contributed by atoms with van der Waals surface area (Å²) in [6.07, 6.45) is 5.80. The molecule has 14 heavy (non-hydrogen) atoms. The van der Waals surface area contributed by atoms with E-state index in [1.807, 2.05) is 0 Å². The van der Waals surface area contributed by atoms with Gasteiger partial charge < -0.3 is 15.8 Å². The number of aromatic amines is 1. The van der Waals surface area contributed by atoms with Gasteiger partial charge in [-0.15, -0.1) is 0 Å². The summed E-state index contributed by atoms with van der Waals surface area (Å²) in [5.74, 6) is 1.22. The zero-order valence-corrected chi connectivity index (χ0v) is 8.76. The van der Waals surface area contributed by atoms with E-state index in [-0.39, 0.29) is 6.61 Å². The van der Waals surface area contributed by atoms with Gasteiger partial charge in [-0.2, -0.15) is 0 Å². The van der Waals surface area contributed by atoms with Crippen LogP contribution in [0.1, 0.15) is 12.8 Å². The number of aliphatic hydroxyl groups is 1. The molecular weight excluding hydrogens is 198 g/mol. The summed E-state index contributed by atoms with van der Waals surface area (Å²) in [4.78, 5) is 7.11. The van der Waals surface area contributed by atoms with E-state index in [0.29, 0.717) is 5.92 Å². The van der Waals surface area contributed by atoms with Crippen LogP contribution in [0.4, 0.5) is 0 Å². The first-order chi connectivity index (χ1) is 6.74. The molecule has 1 aliphatic rings. The first-order valence-corrected chi connectivity index (χ1v) is 5.75. The van der Waals surface area contributed by atoms with Gasteiger partial charge in [0, 0.05) is 18.1 Å². The van der Waals surface area contributed by atoms with E-state index >= 15 is 0 Å². The van der Waals surface area contributed by atoms with E-state index in [1.54, 1.807) is 24.2 Å². The van der Waals surface area contributed by atoms with Crippen molar-refractivity contribution in [1.82, 2.24) is 9.97 Å². The van der Waals surface area contributed by atoms with Crippen molar-refractivity contribution >= 4 is 11.8 Å². The van der Waals surface area contributed by atoms with Gasteiger partial charge in [-0.05, 0) is 18.8 Å². The van der Waals surface area contributed by atoms with Crippen molar-refractivity contribution in [3.8, 4) is 0 Å². The summed E-state index contributed by atoms with van der Waals surface area (Å²) in [5, 5.41) is 10.1. The quantitative estimate of drug-likeness (QED) is 0.626. The summed E-state index contributed by atoms with van der Waals surface area (Å²) in [7, 11) is 0. The highest BCUT2D eigenvalue weighted by Crippen LogP contribution is 2.40. The Bertz CT molecular complexity index is 286. The van der Waals surface area contributed by atoms with E-state index in [9.17, 15) is 5.11 Å². The molecule has 1 aromatic rings. The van der Waals surface area contributed by atoms with Crippen molar-refractivity contribution in [2.45, 2.75) is 23.5 Å². The smallest absolute Gasteiger partial charge is 0.165 e. The molecule has 0 spiro atoms. The molecule has 5 heteroatoms. The fourth-order valence-corrected chi connectivity index (χ4v) is 2.50. The molecule has 0 bridgehead atoms. The molecule has 0 radical (unpaired) electrons. The second-order valence-electron chi connectivity index (χ2n) is 3.85. The largest absolute Gasteiger partial charge is 0.394 e. The Morgan fingerprint density at radius 2 is 2.50 bits per heavy atom. The van der Waals surface area contributed by atoms with Crippen LogP contribution in [0.3, 0.4) is 0 Å². The van der Waals surface area contributed by atoms with Crippen LogP contribution in [0.25, 0.3) is 0 Å². The van der Waals surface area contributed by atoms with Gasteiger partial charge in [0.05, 0.1) is 12.1 Å². The lowest BCUT2D eigenvalue weighted by Crippen LogP contribution is -2.48. The third-order valence-electron chi connectivity index (χ3n) is 2.64. The Labute approximate surface area is 87.3 Å². The highest BCUT2D eigenvalue weighted by Gasteiger charge is 2.41. The summed E-state index contributed by atoms with van der Waals surface area (Å²) < 4.78 is 0. The van der Waals surface area contributed by atoms with E-state index in [0.717, 1.165) is 23.8 Å². The lowest BCUT2D eigenvalue weighted by atomic mass is 9.99. The number of nitrogens with one attached hydrogen (secondary N) is 1. The van der Waals surface area contributed by atoms with E-state index in [1.165, 1.54) is 0 Å². The number of aromatic nitrogens is 2. The molecule has 0 amide bonds. The van der Waals surface area contributed by atoms with Crippen LogP contribution in [0.5, 0.6) is 0 Å². The number of nitrogens with two attached hydrogens (primary N) is 1. The molecule has 1 unspecified atom stereocenters. The average molecular weight is 213 g/mol. The summed E-state index contributed by atoms with van der Waals surface area (Å²) in [6.45, 7) is 0.0609. The van der Waals surface area contributed by atoms with Crippen LogP contribution in [-0.2, 0) is 0 Å². The normalized spacial score (nSPS) is 20.7. The SMILES string of the molecule is NC(CO)(CSc1ncc[nH]1)C1CC1. The fraction of sp³-hybridized carbons (Fsp3) is 0.667. The highest BCUT2D eigenvalue weighted by atomic mass is 32.2. The second kappa shape index (κ2) is 3.92. The molecule has 4 nitrogen and oxygen atoms in total. The van der Waals surface area contributed by atoms with Crippen molar-refractivity contribution < 1.29 is 5.11 Å². The molecule has 4 N–H and O–H groups in total. The maximum absolute atomic E-state index is 9.26. The van der Waals surface area contributed by atoms with Gasteiger partial charge in [-0.3, -0.25) is 0 Å². The molecule has 78 valence electrons. The monoisotopic (exact) mass is 213 g/mol. The number of H-pyrrole nitrogens is 1. The molecule has 0 aliphatic heterocycles. The van der Waals surface area contributed by atoms with E-state index in [4.69, 9.17) is 5.73 Å². The zero-order chi connectivity index (χ0) is 10.0. The summed E-state index contributed by atoms with van der Waals surface area (Å²) >= 11 is 1.58. The maximum atomic E-state index is 9.26. The third-order valence-corrected chi connectivity index (χ3v) is 3.81. The Morgan fingerprint density at radius 1 is 1.71 bits per heavy atom. The Hall–Kier alpha value is -0.520. The minimum atomic E-state index is -0.419. The molecule has 0 aromatic carbocycles. The Kier molecular flexibility index (Phi) is 2.80. The zero-order valence-electron chi connectivity index (χ0n) is 7.94. The topological polar surface area (TPSA) is 74.9 Å².